The second kappa shape index (κ2) is 6.56. The zero-order chi connectivity index (χ0) is 15.4. The summed E-state index contributed by atoms with van der Waals surface area (Å²) < 4.78 is 0. The van der Waals surface area contributed by atoms with Gasteiger partial charge in [0.15, 0.2) is 0 Å². The number of carbonyl (C=O) groups excluding carboxylic acids is 2. The molecule has 0 spiro atoms. The largest absolute Gasteiger partial charge is 0.318 e. The molecule has 0 bridgehead atoms. The fraction of sp³-hybridized carbons (Fsp3) is 0.0714. The number of aromatic nitrogens is 1. The Morgan fingerprint density at radius 3 is 2.38 bits per heavy atom. The van der Waals surface area contributed by atoms with Crippen molar-refractivity contribution in [1.82, 2.24) is 4.98 Å². The molecule has 0 atom stereocenters. The van der Waals surface area contributed by atoms with Crippen molar-refractivity contribution in [2.75, 3.05) is 10.6 Å². The van der Waals surface area contributed by atoms with Crippen LogP contribution in [0.3, 0.4) is 0 Å². The Kier molecular flexibility index (Phi) is 4.77. The second-order valence-corrected chi connectivity index (χ2v) is 5.07. The minimum atomic E-state index is -0.823. The number of hydrogen-bond donors (Lipinski definition) is 2. The van der Waals surface area contributed by atoms with Crippen molar-refractivity contribution >= 4 is 46.5 Å². The number of amides is 2. The van der Waals surface area contributed by atoms with Gasteiger partial charge in [0.1, 0.15) is 5.82 Å². The van der Waals surface area contributed by atoms with Crippen LogP contribution >= 0.6 is 23.2 Å². The van der Waals surface area contributed by atoms with Gasteiger partial charge in [-0.15, -0.1) is 0 Å². The van der Waals surface area contributed by atoms with Gasteiger partial charge in [-0.2, -0.15) is 0 Å². The normalized spacial score (nSPS) is 10.0. The number of anilines is 2. The summed E-state index contributed by atoms with van der Waals surface area (Å²) >= 11 is 11.6. The SMILES string of the molecule is Cc1ccnc(NC(=O)C(=O)Nc2ccc(Cl)c(Cl)c2)c1. The minimum Gasteiger partial charge on any atom is -0.318 e. The van der Waals surface area contributed by atoms with E-state index in [0.29, 0.717) is 16.5 Å². The summed E-state index contributed by atoms with van der Waals surface area (Å²) in [7, 11) is 0. The highest BCUT2D eigenvalue weighted by molar-refractivity contribution is 6.44. The minimum absolute atomic E-state index is 0.287. The molecule has 0 aliphatic rings. The maximum absolute atomic E-state index is 11.8. The van der Waals surface area contributed by atoms with E-state index in [9.17, 15) is 9.59 Å². The maximum atomic E-state index is 11.8. The lowest BCUT2D eigenvalue weighted by Crippen LogP contribution is -2.29. The third-order valence-corrected chi connectivity index (χ3v) is 3.28. The van der Waals surface area contributed by atoms with E-state index in [2.05, 4.69) is 15.6 Å². The van der Waals surface area contributed by atoms with Crippen molar-refractivity contribution in [3.63, 3.8) is 0 Å². The van der Waals surface area contributed by atoms with E-state index in [4.69, 9.17) is 23.2 Å². The predicted octanol–water partition coefficient (Wildman–Crippen LogP) is 3.27. The van der Waals surface area contributed by atoms with E-state index in [-0.39, 0.29) is 5.02 Å². The molecule has 0 saturated heterocycles. The van der Waals surface area contributed by atoms with Crippen LogP contribution in [0.4, 0.5) is 11.5 Å². The number of benzene rings is 1. The summed E-state index contributed by atoms with van der Waals surface area (Å²) in [6, 6.07) is 7.97. The molecule has 1 heterocycles. The molecule has 0 saturated carbocycles. The van der Waals surface area contributed by atoms with Crippen LogP contribution < -0.4 is 10.6 Å². The molecule has 2 rings (SSSR count). The Hall–Kier alpha value is -2.11. The van der Waals surface area contributed by atoms with Gasteiger partial charge in [-0.25, -0.2) is 4.98 Å². The number of nitrogens with zero attached hydrogens (tertiary/aromatic N) is 1. The Morgan fingerprint density at radius 2 is 1.71 bits per heavy atom. The highest BCUT2D eigenvalue weighted by Gasteiger charge is 2.15. The third-order valence-electron chi connectivity index (χ3n) is 2.54. The molecule has 0 aliphatic heterocycles. The molecule has 1 aromatic heterocycles. The lowest BCUT2D eigenvalue weighted by Gasteiger charge is -2.07. The molecule has 2 aromatic rings. The first-order valence-electron chi connectivity index (χ1n) is 5.96. The van der Waals surface area contributed by atoms with Crippen molar-refractivity contribution < 1.29 is 9.59 Å². The molecule has 0 radical (unpaired) electrons. The molecule has 2 amide bonds. The number of nitrogens with one attached hydrogen (secondary N) is 2. The third kappa shape index (κ3) is 4.18. The number of halogens is 2. The highest BCUT2D eigenvalue weighted by atomic mass is 35.5. The lowest BCUT2D eigenvalue weighted by molar-refractivity contribution is -0.133. The molecule has 7 heteroatoms. The molecular weight excluding hydrogens is 313 g/mol. The van der Waals surface area contributed by atoms with Crippen molar-refractivity contribution in [3.05, 3.63) is 52.1 Å². The average molecular weight is 324 g/mol. The van der Waals surface area contributed by atoms with Crippen LogP contribution in [0.25, 0.3) is 0 Å². The van der Waals surface area contributed by atoms with Gasteiger partial charge in [-0.05, 0) is 42.8 Å². The predicted molar refractivity (Wildman–Crippen MR) is 82.7 cm³/mol. The van der Waals surface area contributed by atoms with Crippen LogP contribution in [0.1, 0.15) is 5.56 Å². The molecule has 1 aromatic carbocycles. The Bertz CT molecular complexity index is 704. The topological polar surface area (TPSA) is 71.1 Å². The summed E-state index contributed by atoms with van der Waals surface area (Å²) in [5, 5.41) is 5.48. The van der Waals surface area contributed by atoms with E-state index >= 15 is 0 Å². The number of rotatable bonds is 2. The quantitative estimate of drug-likeness (QED) is 0.833. The first-order valence-corrected chi connectivity index (χ1v) is 6.71. The van der Waals surface area contributed by atoms with Crippen LogP contribution in [0, 0.1) is 6.92 Å². The van der Waals surface area contributed by atoms with E-state index < -0.39 is 11.8 Å². The Labute approximate surface area is 131 Å². The van der Waals surface area contributed by atoms with Gasteiger partial charge in [0.2, 0.25) is 0 Å². The fourth-order valence-corrected chi connectivity index (χ4v) is 1.84. The first-order chi connectivity index (χ1) is 9.95. The zero-order valence-corrected chi connectivity index (χ0v) is 12.5. The van der Waals surface area contributed by atoms with Gasteiger partial charge in [0.05, 0.1) is 10.0 Å². The monoisotopic (exact) mass is 323 g/mol. The van der Waals surface area contributed by atoms with E-state index in [1.165, 1.54) is 12.1 Å². The molecule has 0 fully saturated rings. The summed E-state index contributed by atoms with van der Waals surface area (Å²) in [5.41, 5.74) is 1.30. The van der Waals surface area contributed by atoms with E-state index in [1.54, 1.807) is 24.4 Å². The molecular formula is C14H11Cl2N3O2. The van der Waals surface area contributed by atoms with Gasteiger partial charge in [0, 0.05) is 11.9 Å². The summed E-state index contributed by atoms with van der Waals surface area (Å²) in [6.45, 7) is 1.85. The Morgan fingerprint density at radius 1 is 1.00 bits per heavy atom. The van der Waals surface area contributed by atoms with Gasteiger partial charge >= 0.3 is 11.8 Å². The van der Waals surface area contributed by atoms with Crippen LogP contribution in [0.5, 0.6) is 0 Å². The second-order valence-electron chi connectivity index (χ2n) is 4.26. The van der Waals surface area contributed by atoms with Crippen molar-refractivity contribution in [2.45, 2.75) is 6.92 Å². The van der Waals surface area contributed by atoms with Crippen molar-refractivity contribution in [3.8, 4) is 0 Å². The Balaban J connectivity index is 2.02. The van der Waals surface area contributed by atoms with Crippen LogP contribution in [0.15, 0.2) is 36.5 Å². The standard InChI is InChI=1S/C14H11Cl2N3O2/c1-8-4-5-17-12(6-8)19-14(21)13(20)18-9-2-3-10(15)11(16)7-9/h2-7H,1H3,(H,18,20)(H,17,19,21). The molecule has 2 N–H and O–H groups in total. The highest BCUT2D eigenvalue weighted by Crippen LogP contribution is 2.24. The molecule has 108 valence electrons. The fourth-order valence-electron chi connectivity index (χ4n) is 1.54. The van der Waals surface area contributed by atoms with E-state index in [0.717, 1.165) is 5.56 Å². The number of carbonyl (C=O) groups is 2. The molecule has 0 unspecified atom stereocenters. The van der Waals surface area contributed by atoms with Crippen LogP contribution in [-0.2, 0) is 9.59 Å². The lowest BCUT2D eigenvalue weighted by atomic mass is 10.3. The van der Waals surface area contributed by atoms with Gasteiger partial charge in [0.25, 0.3) is 0 Å². The summed E-state index contributed by atoms with van der Waals surface area (Å²) in [4.78, 5) is 27.5. The van der Waals surface area contributed by atoms with Gasteiger partial charge in [-0.1, -0.05) is 23.2 Å². The molecule has 5 nitrogen and oxygen atoms in total. The number of pyridine rings is 1. The summed E-state index contributed by atoms with van der Waals surface area (Å²) in [6.07, 6.45) is 1.54. The van der Waals surface area contributed by atoms with Crippen LogP contribution in [-0.4, -0.2) is 16.8 Å². The van der Waals surface area contributed by atoms with E-state index in [1.807, 2.05) is 6.92 Å². The molecule has 21 heavy (non-hydrogen) atoms. The first kappa shape index (κ1) is 15.3. The van der Waals surface area contributed by atoms with Crippen molar-refractivity contribution in [2.24, 2.45) is 0 Å². The number of aryl methyl sites for hydroxylation is 1. The van der Waals surface area contributed by atoms with Gasteiger partial charge in [-0.3, -0.25) is 9.59 Å². The van der Waals surface area contributed by atoms with Crippen molar-refractivity contribution in [1.29, 1.82) is 0 Å². The average Bonchev–Trinajstić information content (AvgIpc) is 2.43. The molecule has 0 aliphatic carbocycles. The maximum Gasteiger partial charge on any atom is 0.315 e. The zero-order valence-electron chi connectivity index (χ0n) is 11.0. The van der Waals surface area contributed by atoms with Gasteiger partial charge < -0.3 is 10.6 Å². The smallest absolute Gasteiger partial charge is 0.315 e. The summed E-state index contributed by atoms with van der Waals surface area (Å²) in [5.74, 6) is -1.33. The van der Waals surface area contributed by atoms with Crippen LogP contribution in [0.2, 0.25) is 10.0 Å². The number of hydrogen-bond acceptors (Lipinski definition) is 3.